The van der Waals surface area contributed by atoms with Crippen LogP contribution in [0.5, 0.6) is 0 Å². The first-order chi connectivity index (χ1) is 15.1. The number of esters is 1. The number of primary sulfonamides is 1. The molecular weight excluding hydrogens is 470 g/mol. The number of aromatic nitrogens is 1. The molecule has 0 fully saturated rings. The second kappa shape index (κ2) is 9.99. The van der Waals surface area contributed by atoms with Crippen molar-refractivity contribution in [3.05, 3.63) is 52.8 Å². The van der Waals surface area contributed by atoms with Crippen LogP contribution in [0.4, 0.5) is 0 Å². The topological polar surface area (TPSA) is 121 Å². The number of hydrogen-bond donors (Lipinski definition) is 1. The van der Waals surface area contributed by atoms with Gasteiger partial charge in [-0.2, -0.15) is 4.99 Å². The van der Waals surface area contributed by atoms with Crippen LogP contribution >= 0.6 is 23.1 Å². The summed E-state index contributed by atoms with van der Waals surface area (Å²) in [5.74, 6) is -0.904. The fourth-order valence-electron chi connectivity index (χ4n) is 2.94. The monoisotopic (exact) mass is 493 g/mol. The van der Waals surface area contributed by atoms with Gasteiger partial charge >= 0.3 is 5.97 Å². The van der Waals surface area contributed by atoms with Crippen molar-refractivity contribution in [2.75, 3.05) is 7.11 Å². The van der Waals surface area contributed by atoms with E-state index in [-0.39, 0.29) is 28.6 Å². The van der Waals surface area contributed by atoms with E-state index >= 15 is 0 Å². The number of rotatable bonds is 7. The van der Waals surface area contributed by atoms with Crippen molar-refractivity contribution in [3.8, 4) is 0 Å². The van der Waals surface area contributed by atoms with Gasteiger partial charge in [-0.1, -0.05) is 37.3 Å². The number of benzene rings is 2. The highest BCUT2D eigenvalue weighted by Crippen LogP contribution is 2.23. The molecule has 3 rings (SSSR count). The van der Waals surface area contributed by atoms with Crippen molar-refractivity contribution < 1.29 is 22.7 Å². The average Bonchev–Trinajstić information content (AvgIpc) is 3.04. The van der Waals surface area contributed by atoms with Crippen molar-refractivity contribution in [2.45, 2.75) is 41.9 Å². The molecule has 1 amide bonds. The molecule has 0 aliphatic carbocycles. The lowest BCUT2D eigenvalue weighted by atomic mass is 10.1. The van der Waals surface area contributed by atoms with E-state index in [1.54, 1.807) is 11.8 Å². The molecule has 0 atom stereocenters. The minimum Gasteiger partial charge on any atom is -0.468 e. The SMILES string of the molecule is COC(=O)Cn1c(=NC(=O)Cc2ccc(SC(C)C)cc2)sc2cc(S(N)(=O)=O)ccc21. The summed E-state index contributed by atoms with van der Waals surface area (Å²) in [5.41, 5.74) is 1.37. The standard InChI is InChI=1S/C21H23N3O5S3/c1-13(2)30-15-6-4-14(5-7-15)10-19(25)23-21-24(12-20(26)29-3)17-9-8-16(32(22,27)28)11-18(17)31-21/h4-9,11,13H,10,12H2,1-3H3,(H2,22,27,28). The van der Waals surface area contributed by atoms with Crippen molar-refractivity contribution >= 4 is 55.2 Å². The molecule has 32 heavy (non-hydrogen) atoms. The third-order valence-corrected chi connectivity index (χ3v) is 7.34. The van der Waals surface area contributed by atoms with E-state index in [0.29, 0.717) is 15.5 Å². The molecule has 0 bridgehead atoms. The van der Waals surface area contributed by atoms with Crippen LogP contribution in [-0.2, 0) is 37.3 Å². The minimum atomic E-state index is -3.89. The predicted molar refractivity (Wildman–Crippen MR) is 125 cm³/mol. The molecule has 1 heterocycles. The van der Waals surface area contributed by atoms with Gasteiger partial charge in [0.05, 0.1) is 28.6 Å². The van der Waals surface area contributed by atoms with Crippen LogP contribution in [0.25, 0.3) is 10.2 Å². The lowest BCUT2D eigenvalue weighted by Gasteiger charge is -2.05. The Balaban J connectivity index is 1.96. The first-order valence-corrected chi connectivity index (χ1v) is 12.9. The molecule has 0 saturated carbocycles. The quantitative estimate of drug-likeness (QED) is 0.399. The smallest absolute Gasteiger partial charge is 0.325 e. The fraction of sp³-hybridized carbons (Fsp3) is 0.286. The van der Waals surface area contributed by atoms with Gasteiger partial charge in [-0.3, -0.25) is 9.59 Å². The molecule has 0 aliphatic heterocycles. The van der Waals surface area contributed by atoms with Gasteiger partial charge < -0.3 is 9.30 Å². The number of thiazole rings is 1. The molecule has 11 heteroatoms. The second-order valence-corrected chi connectivity index (χ2v) is 11.4. The molecule has 1 aromatic heterocycles. The normalized spacial score (nSPS) is 12.5. The highest BCUT2D eigenvalue weighted by Gasteiger charge is 2.15. The highest BCUT2D eigenvalue weighted by molar-refractivity contribution is 7.99. The number of methoxy groups -OCH3 is 1. The van der Waals surface area contributed by atoms with Crippen molar-refractivity contribution in [3.63, 3.8) is 0 Å². The Labute approximate surface area is 194 Å². The van der Waals surface area contributed by atoms with Crippen LogP contribution in [0, 0.1) is 0 Å². The van der Waals surface area contributed by atoms with E-state index < -0.39 is 16.0 Å². The van der Waals surface area contributed by atoms with Gasteiger partial charge in [0.25, 0.3) is 5.91 Å². The number of ether oxygens (including phenoxy) is 1. The molecule has 2 N–H and O–H groups in total. The number of carbonyl (C=O) groups is 2. The lowest BCUT2D eigenvalue weighted by molar-refractivity contribution is -0.141. The van der Waals surface area contributed by atoms with Crippen LogP contribution in [0.3, 0.4) is 0 Å². The summed E-state index contributed by atoms with van der Waals surface area (Å²) in [7, 11) is -2.63. The predicted octanol–water partition coefficient (Wildman–Crippen LogP) is 2.69. The van der Waals surface area contributed by atoms with Crippen molar-refractivity contribution in [1.82, 2.24) is 4.57 Å². The van der Waals surface area contributed by atoms with E-state index in [2.05, 4.69) is 18.8 Å². The van der Waals surface area contributed by atoms with Gasteiger partial charge in [-0.15, -0.1) is 11.8 Å². The van der Waals surface area contributed by atoms with E-state index in [1.165, 1.54) is 29.9 Å². The zero-order valence-corrected chi connectivity index (χ0v) is 20.2. The largest absolute Gasteiger partial charge is 0.468 e. The summed E-state index contributed by atoms with van der Waals surface area (Å²) in [5, 5.41) is 5.68. The van der Waals surface area contributed by atoms with Crippen molar-refractivity contribution in [2.24, 2.45) is 10.1 Å². The zero-order chi connectivity index (χ0) is 23.5. The Morgan fingerprint density at radius 1 is 1.19 bits per heavy atom. The van der Waals surface area contributed by atoms with E-state index in [4.69, 9.17) is 9.88 Å². The molecule has 0 spiro atoms. The van der Waals surface area contributed by atoms with E-state index in [9.17, 15) is 18.0 Å². The van der Waals surface area contributed by atoms with Gasteiger partial charge in [0.15, 0.2) is 4.80 Å². The molecule has 0 radical (unpaired) electrons. The third kappa shape index (κ3) is 6.06. The Hall–Kier alpha value is -2.47. The summed E-state index contributed by atoms with van der Waals surface area (Å²) >= 11 is 2.84. The average molecular weight is 494 g/mol. The number of carbonyl (C=O) groups excluding carboxylic acids is 2. The number of nitrogens with two attached hydrogens (primary N) is 1. The van der Waals surface area contributed by atoms with Gasteiger partial charge in [-0.05, 0) is 35.9 Å². The van der Waals surface area contributed by atoms with Gasteiger partial charge in [0, 0.05) is 10.1 Å². The summed E-state index contributed by atoms with van der Waals surface area (Å²) < 4.78 is 30.2. The lowest BCUT2D eigenvalue weighted by Crippen LogP contribution is -2.22. The molecule has 0 aliphatic rings. The summed E-state index contributed by atoms with van der Waals surface area (Å²) in [6.07, 6.45) is 0.0987. The Bertz CT molecular complexity index is 1320. The molecule has 0 saturated heterocycles. The summed E-state index contributed by atoms with van der Waals surface area (Å²) in [6.45, 7) is 4.06. The number of nitrogens with zero attached hydrogens (tertiary/aromatic N) is 2. The van der Waals surface area contributed by atoms with Gasteiger partial charge in [0.2, 0.25) is 10.0 Å². The Kier molecular flexibility index (Phi) is 7.55. The first-order valence-electron chi connectivity index (χ1n) is 9.63. The van der Waals surface area contributed by atoms with Gasteiger partial charge in [0.1, 0.15) is 6.54 Å². The molecule has 3 aromatic rings. The first kappa shape index (κ1) is 24.2. The molecule has 170 valence electrons. The van der Waals surface area contributed by atoms with Crippen LogP contribution in [0.1, 0.15) is 19.4 Å². The number of thioether (sulfide) groups is 1. The minimum absolute atomic E-state index is 0.0614. The maximum Gasteiger partial charge on any atom is 0.325 e. The van der Waals surface area contributed by atoms with Crippen molar-refractivity contribution in [1.29, 1.82) is 0 Å². The summed E-state index contributed by atoms with van der Waals surface area (Å²) in [6, 6.07) is 12.0. The molecular formula is C21H23N3O5S3. The van der Waals surface area contributed by atoms with Crippen LogP contribution in [0.2, 0.25) is 0 Å². The Morgan fingerprint density at radius 3 is 2.47 bits per heavy atom. The fourth-order valence-corrected chi connectivity index (χ4v) is 5.48. The number of fused-ring (bicyclic) bond motifs is 1. The van der Waals surface area contributed by atoms with Crippen LogP contribution < -0.4 is 9.94 Å². The molecule has 8 nitrogen and oxygen atoms in total. The van der Waals surface area contributed by atoms with E-state index in [1.807, 2.05) is 24.3 Å². The molecule has 0 unspecified atom stereocenters. The van der Waals surface area contributed by atoms with E-state index in [0.717, 1.165) is 21.8 Å². The molecule has 2 aromatic carbocycles. The third-order valence-electron chi connectivity index (χ3n) is 4.37. The maximum atomic E-state index is 12.6. The number of hydrogen-bond acceptors (Lipinski definition) is 7. The van der Waals surface area contributed by atoms with Gasteiger partial charge in [-0.25, -0.2) is 13.6 Å². The number of amides is 1. The highest BCUT2D eigenvalue weighted by atomic mass is 32.2. The Morgan fingerprint density at radius 2 is 1.88 bits per heavy atom. The second-order valence-electron chi connectivity index (χ2n) is 7.21. The number of sulfonamides is 1. The maximum absolute atomic E-state index is 12.6. The summed E-state index contributed by atoms with van der Waals surface area (Å²) in [4.78, 5) is 30.1. The van der Waals surface area contributed by atoms with Crippen LogP contribution in [0.15, 0.2) is 57.2 Å². The zero-order valence-electron chi connectivity index (χ0n) is 17.8. The van der Waals surface area contributed by atoms with Crippen LogP contribution in [-0.4, -0.2) is 37.2 Å².